The Kier molecular flexibility index (Phi) is 15.1. The molecule has 0 saturated carbocycles. The molecule has 0 aliphatic carbocycles. The van der Waals surface area contributed by atoms with E-state index in [0.29, 0.717) is 54.1 Å². The summed E-state index contributed by atoms with van der Waals surface area (Å²) in [6.45, 7) is 4.21. The van der Waals surface area contributed by atoms with Crippen molar-refractivity contribution in [2.45, 2.75) is 40.2 Å². The van der Waals surface area contributed by atoms with Crippen LogP contribution in [-0.2, 0) is 56.4 Å². The van der Waals surface area contributed by atoms with Gasteiger partial charge in [0, 0.05) is 25.2 Å². The first-order chi connectivity index (χ1) is 33.3. The molecule has 0 amide bonds. The van der Waals surface area contributed by atoms with Crippen molar-refractivity contribution in [3.05, 3.63) is 188 Å². The number of para-hydroxylation sites is 2. The van der Waals surface area contributed by atoms with Gasteiger partial charge in [0.1, 0.15) is 25.9 Å². The fourth-order valence-corrected chi connectivity index (χ4v) is 11.0. The summed E-state index contributed by atoms with van der Waals surface area (Å²) in [5, 5.41) is 7.51. The molecule has 0 aliphatic rings. The van der Waals surface area contributed by atoms with Gasteiger partial charge < -0.3 is 20.3 Å². The van der Waals surface area contributed by atoms with E-state index in [1.807, 2.05) is 73.7 Å². The summed E-state index contributed by atoms with van der Waals surface area (Å²) < 4.78 is 77.8. The number of aromatic nitrogens is 6. The summed E-state index contributed by atoms with van der Waals surface area (Å²) in [7, 11) is -11.7. The summed E-state index contributed by atoms with van der Waals surface area (Å²) in [5.74, 6) is 0. The monoisotopic (exact) mass is 1010 g/mol. The van der Waals surface area contributed by atoms with Gasteiger partial charge in [-0.2, -0.15) is 3.71 Å². The van der Waals surface area contributed by atoms with Gasteiger partial charge in [-0.05, 0) is 48.2 Å². The molecule has 4 aromatic carbocycles. The fourth-order valence-electron chi connectivity index (χ4n) is 7.33. The molecule has 23 heteroatoms. The molecule has 0 bridgehead atoms. The average molecular weight is 1010 g/mol. The largest absolute Gasteiger partial charge is 0.404 e. The van der Waals surface area contributed by atoms with E-state index in [1.54, 1.807) is 43.3 Å². The van der Waals surface area contributed by atoms with Gasteiger partial charge in [0.2, 0.25) is 30.1 Å². The first kappa shape index (κ1) is 50.0. The van der Waals surface area contributed by atoms with Crippen LogP contribution in [0.15, 0.2) is 144 Å². The number of nitrogens with one attached hydrogen (secondary N) is 3. The molecular formula is C47H48N10O10S3. The first-order valence-electron chi connectivity index (χ1n) is 21.2. The summed E-state index contributed by atoms with van der Waals surface area (Å²) in [6.07, 6.45) is 5.45. The predicted molar refractivity (Wildman–Crippen MR) is 269 cm³/mol. The Balaban J connectivity index is 0.000000208. The van der Waals surface area contributed by atoms with Crippen LogP contribution in [0.4, 0.5) is 22.7 Å². The Labute approximate surface area is 403 Å². The number of nitrogens with zero attached hydrogens (tertiary/aromatic N) is 7. The van der Waals surface area contributed by atoms with Gasteiger partial charge in [0.05, 0.1) is 63.7 Å². The van der Waals surface area contributed by atoms with Crippen molar-refractivity contribution in [1.82, 2.24) is 29.4 Å². The second-order valence-electron chi connectivity index (χ2n) is 15.8. The van der Waals surface area contributed by atoms with Crippen LogP contribution < -0.4 is 39.9 Å². The SMILES string of the molecule is Cc1ncnc2c1c(NCc1ccccc1N(S(C)(=O)=O)S(C)(=O)=O)cc(=O)n2OCc1ccccc1.Cc1ncnc2c1c(NCc1ccccc1NS(C)(=O)=O)cc(=O)n2OCc1ccccc1. The Bertz CT molecular complexity index is 3620. The second kappa shape index (κ2) is 21.2. The van der Waals surface area contributed by atoms with E-state index in [9.17, 15) is 34.8 Å². The van der Waals surface area contributed by atoms with E-state index < -0.39 is 35.6 Å². The van der Waals surface area contributed by atoms with Gasteiger partial charge in [0.25, 0.3) is 11.1 Å². The Morgan fingerprint density at radius 3 is 1.40 bits per heavy atom. The van der Waals surface area contributed by atoms with Crippen LogP contribution in [-0.4, -0.2) is 73.4 Å². The topological polar surface area (TPSA) is 256 Å². The molecule has 4 heterocycles. The minimum atomic E-state index is -4.14. The van der Waals surface area contributed by atoms with Crippen molar-refractivity contribution in [1.29, 1.82) is 0 Å². The third-order valence-electron chi connectivity index (χ3n) is 10.3. The fraction of sp³-hybridized carbons (Fsp3) is 0.191. The predicted octanol–water partition coefficient (Wildman–Crippen LogP) is 4.78. The highest BCUT2D eigenvalue weighted by Crippen LogP contribution is 2.29. The van der Waals surface area contributed by atoms with Gasteiger partial charge in [-0.3, -0.25) is 14.3 Å². The van der Waals surface area contributed by atoms with Crippen LogP contribution >= 0.6 is 0 Å². The molecule has 0 spiro atoms. The molecule has 0 atom stereocenters. The summed E-state index contributed by atoms with van der Waals surface area (Å²) in [6, 6.07) is 34.9. The lowest BCUT2D eigenvalue weighted by atomic mass is 10.1. The molecule has 70 heavy (non-hydrogen) atoms. The number of rotatable bonds is 17. The normalized spacial score (nSPS) is 11.6. The minimum absolute atomic E-state index is 0.00940. The van der Waals surface area contributed by atoms with Crippen LogP contribution in [0, 0.1) is 13.8 Å². The number of hydrogen-bond acceptors (Lipinski definition) is 16. The number of fused-ring (bicyclic) bond motifs is 2. The molecule has 8 rings (SSSR count). The van der Waals surface area contributed by atoms with E-state index in [2.05, 4.69) is 35.3 Å². The first-order valence-corrected chi connectivity index (χ1v) is 26.8. The second-order valence-corrected chi connectivity index (χ2v) is 21.4. The maximum Gasteiger partial charge on any atom is 0.287 e. The number of hydrogen-bond donors (Lipinski definition) is 3. The summed E-state index contributed by atoms with van der Waals surface area (Å²) in [5.41, 5.74) is 5.22. The average Bonchev–Trinajstić information content (AvgIpc) is 3.30. The van der Waals surface area contributed by atoms with Crippen molar-refractivity contribution >= 4 is 74.9 Å². The number of aryl methyl sites for hydroxylation is 2. The molecule has 0 fully saturated rings. The van der Waals surface area contributed by atoms with Gasteiger partial charge in [-0.25, -0.2) is 45.2 Å². The number of benzene rings is 4. The van der Waals surface area contributed by atoms with Gasteiger partial charge in [-0.15, -0.1) is 9.46 Å². The van der Waals surface area contributed by atoms with Crippen LogP contribution in [0.2, 0.25) is 0 Å². The third kappa shape index (κ3) is 12.2. The van der Waals surface area contributed by atoms with Crippen molar-refractivity contribution in [3.63, 3.8) is 0 Å². The molecule has 364 valence electrons. The summed E-state index contributed by atoms with van der Waals surface area (Å²) >= 11 is 0. The Morgan fingerprint density at radius 1 is 0.529 bits per heavy atom. The standard InChI is InChI=1S/C24H25N5O6S2.C23H23N5O4S/c1-17-23-20(25-14-19-11-7-8-12-21(19)29(36(2,31)32)37(3,33)34)13-22(30)28(24(23)27-16-26-17)35-15-18-9-5-4-6-10-18;1-16-22-20(24-13-18-10-6-7-11-19(18)27-33(2,30)31)12-21(29)28(23(22)26-15-25-16)32-14-17-8-4-3-5-9-17/h4-13,16,25H,14-15H2,1-3H3;3-12,15,24,27H,13-14H2,1-2H3. The molecule has 0 aliphatic heterocycles. The van der Waals surface area contributed by atoms with Gasteiger partial charge in [0.15, 0.2) is 11.3 Å². The zero-order valence-electron chi connectivity index (χ0n) is 38.5. The number of sulfonamides is 3. The lowest BCUT2D eigenvalue weighted by molar-refractivity contribution is 0.0979. The number of anilines is 4. The van der Waals surface area contributed by atoms with Crippen LogP contribution in [0.25, 0.3) is 22.1 Å². The third-order valence-corrected chi connectivity index (χ3v) is 14.2. The molecular weight excluding hydrogens is 961 g/mol. The molecule has 8 aromatic rings. The maximum atomic E-state index is 13.0. The zero-order valence-corrected chi connectivity index (χ0v) is 40.9. The van der Waals surface area contributed by atoms with Crippen molar-refractivity contribution in [3.8, 4) is 0 Å². The van der Waals surface area contributed by atoms with E-state index in [-0.39, 0.29) is 43.2 Å². The molecule has 0 radical (unpaired) electrons. The Morgan fingerprint density at radius 2 is 0.943 bits per heavy atom. The molecule has 0 unspecified atom stereocenters. The lowest BCUT2D eigenvalue weighted by Crippen LogP contribution is -2.36. The van der Waals surface area contributed by atoms with Crippen LogP contribution in [0.3, 0.4) is 0 Å². The molecule has 4 aromatic heterocycles. The van der Waals surface area contributed by atoms with Crippen LogP contribution in [0.1, 0.15) is 33.6 Å². The Hall–Kier alpha value is -7.89. The van der Waals surface area contributed by atoms with Crippen LogP contribution in [0.5, 0.6) is 0 Å². The van der Waals surface area contributed by atoms with Crippen molar-refractivity contribution in [2.75, 3.05) is 37.8 Å². The summed E-state index contributed by atoms with van der Waals surface area (Å²) in [4.78, 5) is 54.5. The van der Waals surface area contributed by atoms with Crippen molar-refractivity contribution in [2.24, 2.45) is 0 Å². The maximum absolute atomic E-state index is 13.0. The highest BCUT2D eigenvalue weighted by molar-refractivity contribution is 8.09. The van der Waals surface area contributed by atoms with Crippen molar-refractivity contribution < 1.29 is 34.9 Å². The highest BCUT2D eigenvalue weighted by atomic mass is 32.3. The van der Waals surface area contributed by atoms with Gasteiger partial charge in [-0.1, -0.05) is 97.1 Å². The van der Waals surface area contributed by atoms with Gasteiger partial charge >= 0.3 is 0 Å². The molecule has 0 saturated heterocycles. The minimum Gasteiger partial charge on any atom is -0.404 e. The quantitative estimate of drug-likeness (QED) is 0.111. The van der Waals surface area contributed by atoms with E-state index in [4.69, 9.17) is 9.68 Å². The highest BCUT2D eigenvalue weighted by Gasteiger charge is 2.29. The zero-order chi connectivity index (χ0) is 50.2. The molecule has 20 nitrogen and oxygen atoms in total. The molecule has 3 N–H and O–H groups in total. The van der Waals surface area contributed by atoms with E-state index >= 15 is 0 Å². The lowest BCUT2D eigenvalue weighted by Gasteiger charge is -2.23. The van der Waals surface area contributed by atoms with E-state index in [0.717, 1.165) is 40.2 Å². The number of pyridine rings is 2. The van der Waals surface area contributed by atoms with E-state index in [1.165, 1.54) is 35.6 Å². The smallest absolute Gasteiger partial charge is 0.287 e.